The van der Waals surface area contributed by atoms with Gasteiger partial charge in [-0.3, -0.25) is 5.32 Å². The van der Waals surface area contributed by atoms with Crippen molar-refractivity contribution in [3.05, 3.63) is 35.9 Å². The summed E-state index contributed by atoms with van der Waals surface area (Å²) in [5, 5.41) is 21.5. The number of hydrogen-bond acceptors (Lipinski definition) is 3. The number of aliphatic hydroxyl groups excluding tert-OH is 1. The Morgan fingerprint density at radius 1 is 1.40 bits per heavy atom. The number of hydrogen-bond donors (Lipinski definition) is 2. The van der Waals surface area contributed by atoms with Gasteiger partial charge in [-0.2, -0.15) is 5.26 Å². The summed E-state index contributed by atoms with van der Waals surface area (Å²) < 4.78 is 0. The molecule has 0 bridgehead atoms. The van der Waals surface area contributed by atoms with E-state index in [1.54, 1.807) is 0 Å². The van der Waals surface area contributed by atoms with Crippen molar-refractivity contribution >= 4 is 0 Å². The maximum atomic E-state index is 9.79. The van der Waals surface area contributed by atoms with Crippen LogP contribution < -0.4 is 5.32 Å². The van der Waals surface area contributed by atoms with Gasteiger partial charge in [0.1, 0.15) is 0 Å². The Balaban J connectivity index is 2.44. The molecular weight excluding hydrogens is 188 g/mol. The van der Waals surface area contributed by atoms with Gasteiger partial charge in [-0.05, 0) is 12.0 Å². The molecule has 2 N–H and O–H groups in total. The van der Waals surface area contributed by atoms with Crippen LogP contribution in [-0.4, -0.2) is 17.7 Å². The molecule has 0 fully saturated rings. The Morgan fingerprint density at radius 2 is 2.07 bits per heavy atom. The number of rotatable bonds is 5. The molecule has 15 heavy (non-hydrogen) atoms. The molecular formula is C12H16N2O. The van der Waals surface area contributed by atoms with E-state index >= 15 is 0 Å². The molecule has 0 heterocycles. The lowest BCUT2D eigenvalue weighted by Gasteiger charge is -2.14. The highest BCUT2D eigenvalue weighted by Crippen LogP contribution is 2.10. The SMILES string of the molecule is CCC(C#N)NCC(O)c1ccccc1. The fourth-order valence-electron chi connectivity index (χ4n) is 1.33. The highest BCUT2D eigenvalue weighted by molar-refractivity contribution is 5.17. The van der Waals surface area contributed by atoms with Gasteiger partial charge in [0.15, 0.2) is 0 Å². The van der Waals surface area contributed by atoms with Crippen LogP contribution in [0.3, 0.4) is 0 Å². The van der Waals surface area contributed by atoms with E-state index in [1.165, 1.54) is 0 Å². The van der Waals surface area contributed by atoms with Crippen LogP contribution in [0.4, 0.5) is 0 Å². The third kappa shape index (κ3) is 3.70. The molecule has 0 aliphatic rings. The molecule has 1 aromatic carbocycles. The molecule has 2 unspecified atom stereocenters. The second kappa shape index (κ2) is 6.18. The average molecular weight is 204 g/mol. The van der Waals surface area contributed by atoms with Gasteiger partial charge in [0.25, 0.3) is 0 Å². The summed E-state index contributed by atoms with van der Waals surface area (Å²) in [5.74, 6) is 0. The first kappa shape index (κ1) is 11.7. The number of aliphatic hydroxyl groups is 1. The van der Waals surface area contributed by atoms with Crippen molar-refractivity contribution in [2.24, 2.45) is 0 Å². The summed E-state index contributed by atoms with van der Waals surface area (Å²) >= 11 is 0. The van der Waals surface area contributed by atoms with E-state index in [2.05, 4.69) is 11.4 Å². The largest absolute Gasteiger partial charge is 0.387 e. The van der Waals surface area contributed by atoms with E-state index in [0.717, 1.165) is 12.0 Å². The van der Waals surface area contributed by atoms with Gasteiger partial charge >= 0.3 is 0 Å². The van der Waals surface area contributed by atoms with Crippen LogP contribution in [0.1, 0.15) is 25.0 Å². The first-order valence-corrected chi connectivity index (χ1v) is 5.14. The predicted octanol–water partition coefficient (Wildman–Crippen LogP) is 1.61. The molecule has 80 valence electrons. The van der Waals surface area contributed by atoms with Gasteiger partial charge in [-0.15, -0.1) is 0 Å². The molecule has 0 radical (unpaired) electrons. The molecule has 3 nitrogen and oxygen atoms in total. The minimum absolute atomic E-state index is 0.177. The molecule has 0 aliphatic carbocycles. The molecule has 0 saturated heterocycles. The molecule has 0 aliphatic heterocycles. The van der Waals surface area contributed by atoms with Crippen LogP contribution in [0, 0.1) is 11.3 Å². The van der Waals surface area contributed by atoms with Gasteiger partial charge < -0.3 is 5.11 Å². The average Bonchev–Trinajstić information content (AvgIpc) is 2.31. The molecule has 0 saturated carbocycles. The first-order chi connectivity index (χ1) is 7.27. The maximum absolute atomic E-state index is 9.79. The summed E-state index contributed by atoms with van der Waals surface area (Å²) in [6, 6.07) is 11.4. The smallest absolute Gasteiger partial charge is 0.0951 e. The van der Waals surface area contributed by atoms with Crippen LogP contribution >= 0.6 is 0 Å². The van der Waals surface area contributed by atoms with E-state index in [9.17, 15) is 5.11 Å². The molecule has 0 aromatic heterocycles. The molecule has 0 amide bonds. The Hall–Kier alpha value is -1.37. The number of benzene rings is 1. The zero-order valence-electron chi connectivity index (χ0n) is 8.85. The summed E-state index contributed by atoms with van der Waals surface area (Å²) in [6.45, 7) is 2.35. The summed E-state index contributed by atoms with van der Waals surface area (Å²) in [7, 11) is 0. The second-order valence-electron chi connectivity index (χ2n) is 3.42. The Bertz CT molecular complexity index is 318. The molecule has 1 rings (SSSR count). The second-order valence-corrected chi connectivity index (χ2v) is 3.42. The van der Waals surface area contributed by atoms with Crippen LogP contribution in [-0.2, 0) is 0 Å². The third-order valence-electron chi connectivity index (χ3n) is 2.31. The van der Waals surface area contributed by atoms with Gasteiger partial charge in [0.05, 0.1) is 18.2 Å². The highest BCUT2D eigenvalue weighted by atomic mass is 16.3. The van der Waals surface area contributed by atoms with E-state index < -0.39 is 6.10 Å². The fourth-order valence-corrected chi connectivity index (χ4v) is 1.33. The summed E-state index contributed by atoms with van der Waals surface area (Å²) in [4.78, 5) is 0. The normalized spacial score (nSPS) is 14.2. The number of nitrogens with zero attached hydrogens (tertiary/aromatic N) is 1. The Morgan fingerprint density at radius 3 is 2.60 bits per heavy atom. The van der Waals surface area contributed by atoms with Gasteiger partial charge in [0, 0.05) is 6.54 Å². The van der Waals surface area contributed by atoms with Crippen LogP contribution in [0.5, 0.6) is 0 Å². The maximum Gasteiger partial charge on any atom is 0.0951 e. The third-order valence-corrected chi connectivity index (χ3v) is 2.31. The van der Waals surface area contributed by atoms with Crippen molar-refractivity contribution < 1.29 is 5.11 Å². The van der Waals surface area contributed by atoms with Crippen molar-refractivity contribution in [3.63, 3.8) is 0 Å². The van der Waals surface area contributed by atoms with Crippen molar-refractivity contribution in [1.29, 1.82) is 5.26 Å². The number of nitriles is 1. The van der Waals surface area contributed by atoms with Gasteiger partial charge in [-0.25, -0.2) is 0 Å². The molecule has 1 aromatic rings. The van der Waals surface area contributed by atoms with Crippen molar-refractivity contribution in [3.8, 4) is 6.07 Å². The van der Waals surface area contributed by atoms with E-state index in [4.69, 9.17) is 5.26 Å². The zero-order chi connectivity index (χ0) is 11.1. The summed E-state index contributed by atoms with van der Waals surface area (Å²) in [6.07, 6.45) is 0.200. The first-order valence-electron chi connectivity index (χ1n) is 5.14. The van der Waals surface area contributed by atoms with Crippen molar-refractivity contribution in [2.45, 2.75) is 25.5 Å². The van der Waals surface area contributed by atoms with E-state index in [-0.39, 0.29) is 6.04 Å². The van der Waals surface area contributed by atoms with E-state index in [1.807, 2.05) is 37.3 Å². The van der Waals surface area contributed by atoms with Crippen LogP contribution in [0.15, 0.2) is 30.3 Å². The van der Waals surface area contributed by atoms with Crippen LogP contribution in [0.2, 0.25) is 0 Å². The minimum atomic E-state index is -0.548. The molecule has 2 atom stereocenters. The number of nitrogens with one attached hydrogen (secondary N) is 1. The lowest BCUT2D eigenvalue weighted by Crippen LogP contribution is -2.31. The minimum Gasteiger partial charge on any atom is -0.387 e. The molecule has 3 heteroatoms. The molecule has 0 spiro atoms. The quantitative estimate of drug-likeness (QED) is 0.766. The highest BCUT2D eigenvalue weighted by Gasteiger charge is 2.09. The lowest BCUT2D eigenvalue weighted by atomic mass is 10.1. The zero-order valence-corrected chi connectivity index (χ0v) is 8.85. The summed E-state index contributed by atoms with van der Waals surface area (Å²) in [5.41, 5.74) is 0.873. The van der Waals surface area contributed by atoms with Crippen molar-refractivity contribution in [1.82, 2.24) is 5.32 Å². The Kier molecular flexibility index (Phi) is 4.82. The standard InChI is InChI=1S/C12H16N2O/c1-2-11(8-13)14-9-12(15)10-6-4-3-5-7-10/h3-7,11-12,14-15H,2,9H2,1H3. The van der Waals surface area contributed by atoms with Crippen LogP contribution in [0.25, 0.3) is 0 Å². The van der Waals surface area contributed by atoms with Crippen molar-refractivity contribution in [2.75, 3.05) is 6.54 Å². The predicted molar refractivity (Wildman–Crippen MR) is 59.1 cm³/mol. The fraction of sp³-hybridized carbons (Fsp3) is 0.417. The van der Waals surface area contributed by atoms with Gasteiger partial charge in [-0.1, -0.05) is 37.3 Å². The topological polar surface area (TPSA) is 56.0 Å². The van der Waals surface area contributed by atoms with E-state index in [0.29, 0.717) is 6.54 Å². The Labute approximate surface area is 90.4 Å². The van der Waals surface area contributed by atoms with Gasteiger partial charge in [0.2, 0.25) is 0 Å². The lowest BCUT2D eigenvalue weighted by molar-refractivity contribution is 0.172. The monoisotopic (exact) mass is 204 g/mol.